The Balaban J connectivity index is 2.75. The summed E-state index contributed by atoms with van der Waals surface area (Å²) in [6, 6.07) is 0. The normalized spacial score (nSPS) is 20.4. The van der Waals surface area contributed by atoms with Gasteiger partial charge in [-0.25, -0.2) is 18.5 Å². The van der Waals surface area contributed by atoms with Crippen LogP contribution in [0.25, 0.3) is 0 Å². The molecule has 1 aliphatic rings. The second kappa shape index (κ2) is 6.85. The summed E-state index contributed by atoms with van der Waals surface area (Å²) in [4.78, 5) is 24.8. The van der Waals surface area contributed by atoms with Crippen molar-refractivity contribution in [2.24, 2.45) is 5.92 Å². The van der Waals surface area contributed by atoms with Crippen LogP contribution in [0.1, 0.15) is 34.1 Å². The summed E-state index contributed by atoms with van der Waals surface area (Å²) in [6.45, 7) is 9.99. The quantitative estimate of drug-likeness (QED) is 0.738. The largest absolute Gasteiger partial charge is 0.443 e. The van der Waals surface area contributed by atoms with E-state index in [1.165, 1.54) is 0 Å². The molecule has 0 radical (unpaired) electrons. The molecule has 1 atom stereocenters. The molecular weight excluding hydrogens is 292 g/mol. The Kier molecular flexibility index (Phi) is 5.63. The molecule has 0 N–H and O–H groups in total. The van der Waals surface area contributed by atoms with Crippen molar-refractivity contribution in [2.75, 3.05) is 6.54 Å². The summed E-state index contributed by atoms with van der Waals surface area (Å²) in [5, 5.41) is 0. The zero-order chi connectivity index (χ0) is 17.1. The highest BCUT2D eigenvalue weighted by Crippen LogP contribution is 2.27. The van der Waals surface area contributed by atoms with Crippen LogP contribution in [0, 0.1) is 5.92 Å². The van der Waals surface area contributed by atoms with Gasteiger partial charge in [0.15, 0.2) is 0 Å². The average molecular weight is 313 g/mol. The fraction of sp³-hybridized carbons (Fsp3) is 0.500. The molecule has 1 fully saturated rings. The van der Waals surface area contributed by atoms with Crippen LogP contribution >= 0.6 is 0 Å². The molecular formula is C16H21F2NO3. The summed E-state index contributed by atoms with van der Waals surface area (Å²) in [7, 11) is 0. The number of rotatable bonds is 3. The van der Waals surface area contributed by atoms with Crippen molar-refractivity contribution in [3.05, 3.63) is 36.0 Å². The molecule has 122 valence electrons. The number of hydrogen-bond donors (Lipinski definition) is 0. The number of likely N-dealkylation sites (tertiary alicyclic amines) is 1. The van der Waals surface area contributed by atoms with Crippen molar-refractivity contribution in [3.8, 4) is 0 Å². The lowest BCUT2D eigenvalue weighted by molar-refractivity contribution is -0.127. The number of allylic oxidation sites excluding steroid dienone is 4. The van der Waals surface area contributed by atoms with E-state index in [0.29, 0.717) is 5.57 Å². The molecule has 0 saturated carbocycles. The van der Waals surface area contributed by atoms with E-state index in [9.17, 15) is 18.4 Å². The third kappa shape index (κ3) is 5.42. The molecule has 0 unspecified atom stereocenters. The van der Waals surface area contributed by atoms with E-state index in [0.717, 1.165) is 24.0 Å². The van der Waals surface area contributed by atoms with E-state index in [4.69, 9.17) is 4.74 Å². The van der Waals surface area contributed by atoms with Gasteiger partial charge in [-0.1, -0.05) is 6.58 Å². The van der Waals surface area contributed by atoms with E-state index >= 15 is 0 Å². The minimum absolute atomic E-state index is 0.0418. The Bertz CT molecular complexity index is 540. The number of nitrogens with zero attached hydrogens (tertiary/aromatic N) is 1. The first-order valence-electron chi connectivity index (χ1n) is 6.92. The van der Waals surface area contributed by atoms with Gasteiger partial charge in [0.2, 0.25) is 5.91 Å². The fourth-order valence-electron chi connectivity index (χ4n) is 1.98. The van der Waals surface area contributed by atoms with Crippen LogP contribution in [0.5, 0.6) is 0 Å². The molecule has 0 aromatic carbocycles. The highest BCUT2D eigenvalue weighted by Gasteiger charge is 2.37. The summed E-state index contributed by atoms with van der Waals surface area (Å²) in [5.41, 5.74) is -0.378. The third-order valence-corrected chi connectivity index (χ3v) is 2.92. The van der Waals surface area contributed by atoms with E-state index in [-0.39, 0.29) is 13.0 Å². The predicted molar refractivity (Wildman–Crippen MR) is 79.3 cm³/mol. The molecule has 1 rings (SSSR count). The first-order valence-corrected chi connectivity index (χ1v) is 6.92. The molecule has 1 aliphatic heterocycles. The van der Waals surface area contributed by atoms with Gasteiger partial charge in [-0.15, -0.1) is 0 Å². The lowest BCUT2D eigenvalue weighted by Gasteiger charge is -2.23. The van der Waals surface area contributed by atoms with Crippen molar-refractivity contribution in [2.45, 2.75) is 39.7 Å². The highest BCUT2D eigenvalue weighted by atomic mass is 19.1. The molecule has 0 aromatic rings. The maximum absolute atomic E-state index is 13.4. The second-order valence-corrected chi connectivity index (χ2v) is 6.22. The zero-order valence-electron chi connectivity index (χ0n) is 13.3. The van der Waals surface area contributed by atoms with Crippen molar-refractivity contribution < 1.29 is 23.1 Å². The van der Waals surface area contributed by atoms with Gasteiger partial charge in [0, 0.05) is 25.0 Å². The smallest absolute Gasteiger partial charge is 0.417 e. The van der Waals surface area contributed by atoms with Crippen LogP contribution in [0.4, 0.5) is 13.6 Å². The van der Waals surface area contributed by atoms with Gasteiger partial charge in [-0.3, -0.25) is 4.79 Å². The number of carbonyl (C=O) groups excluding carboxylic acids is 2. The van der Waals surface area contributed by atoms with Crippen LogP contribution < -0.4 is 0 Å². The lowest BCUT2D eigenvalue weighted by atomic mass is 9.99. The third-order valence-electron chi connectivity index (χ3n) is 2.92. The van der Waals surface area contributed by atoms with Crippen LogP contribution in [-0.2, 0) is 9.53 Å². The number of imide groups is 1. The zero-order valence-corrected chi connectivity index (χ0v) is 13.3. The van der Waals surface area contributed by atoms with Gasteiger partial charge in [-0.2, -0.15) is 0 Å². The topological polar surface area (TPSA) is 46.6 Å². The molecule has 1 heterocycles. The van der Waals surface area contributed by atoms with Gasteiger partial charge < -0.3 is 4.74 Å². The molecule has 2 amide bonds. The minimum atomic E-state index is -0.784. The lowest BCUT2D eigenvalue weighted by Crippen LogP contribution is -2.37. The van der Waals surface area contributed by atoms with Crippen LogP contribution in [0.2, 0.25) is 0 Å². The highest BCUT2D eigenvalue weighted by molar-refractivity contribution is 5.94. The Morgan fingerprint density at radius 1 is 1.36 bits per heavy atom. The first-order chi connectivity index (χ1) is 9.99. The fourth-order valence-corrected chi connectivity index (χ4v) is 1.98. The standard InChI is InChI=1S/C16H21F2NO3/c1-10(6-13(18)7-11(2)17)12-8-14(20)19(9-12)15(21)22-16(3,4)5/h6-7,12H,1,8-9H2,2-5H3/b11-7+,13-6+/t12-/m0/s1. The van der Waals surface area contributed by atoms with Gasteiger partial charge in [0.1, 0.15) is 11.4 Å². The molecule has 4 nitrogen and oxygen atoms in total. The SMILES string of the molecule is C=C(/C=C(F)\C=C(/C)F)[C@H]1CC(=O)N(C(=O)OC(C)(C)C)C1. The summed E-state index contributed by atoms with van der Waals surface area (Å²) >= 11 is 0. The number of hydrogen-bond acceptors (Lipinski definition) is 3. The Hall–Kier alpha value is -1.98. The monoisotopic (exact) mass is 313 g/mol. The Morgan fingerprint density at radius 2 is 1.95 bits per heavy atom. The molecule has 0 spiro atoms. The van der Waals surface area contributed by atoms with Gasteiger partial charge in [0.25, 0.3) is 0 Å². The molecule has 0 aromatic heterocycles. The predicted octanol–water partition coefficient (Wildman–Crippen LogP) is 4.05. The van der Waals surface area contributed by atoms with Crippen LogP contribution in [0.15, 0.2) is 36.0 Å². The van der Waals surface area contributed by atoms with Crippen molar-refractivity contribution in [1.29, 1.82) is 0 Å². The maximum Gasteiger partial charge on any atom is 0.417 e. The van der Waals surface area contributed by atoms with Crippen LogP contribution in [-0.4, -0.2) is 29.0 Å². The first kappa shape index (κ1) is 18.1. The molecule has 0 bridgehead atoms. The van der Waals surface area contributed by atoms with Gasteiger partial charge in [-0.05, 0) is 39.3 Å². The summed E-state index contributed by atoms with van der Waals surface area (Å²) in [5.74, 6) is -2.25. The second-order valence-electron chi connectivity index (χ2n) is 6.22. The van der Waals surface area contributed by atoms with Crippen LogP contribution in [0.3, 0.4) is 0 Å². The molecule has 22 heavy (non-hydrogen) atoms. The van der Waals surface area contributed by atoms with E-state index < -0.39 is 35.2 Å². The number of carbonyl (C=O) groups is 2. The van der Waals surface area contributed by atoms with Gasteiger partial charge in [0.05, 0.1) is 5.83 Å². The Morgan fingerprint density at radius 3 is 2.45 bits per heavy atom. The number of halogens is 2. The van der Waals surface area contributed by atoms with Crippen molar-refractivity contribution >= 4 is 12.0 Å². The summed E-state index contributed by atoms with van der Waals surface area (Å²) < 4.78 is 31.2. The molecule has 6 heteroatoms. The minimum Gasteiger partial charge on any atom is -0.443 e. The maximum atomic E-state index is 13.4. The van der Waals surface area contributed by atoms with Crippen molar-refractivity contribution in [3.63, 3.8) is 0 Å². The molecule has 0 aliphatic carbocycles. The summed E-state index contributed by atoms with van der Waals surface area (Å²) in [6.07, 6.45) is 1.12. The van der Waals surface area contributed by atoms with E-state index in [2.05, 4.69) is 6.58 Å². The molecule has 1 saturated heterocycles. The van der Waals surface area contributed by atoms with E-state index in [1.807, 2.05) is 0 Å². The van der Waals surface area contributed by atoms with Gasteiger partial charge >= 0.3 is 6.09 Å². The number of amides is 2. The van der Waals surface area contributed by atoms with Crippen molar-refractivity contribution in [1.82, 2.24) is 4.90 Å². The average Bonchev–Trinajstić information content (AvgIpc) is 2.67. The number of ether oxygens (including phenoxy) is 1. The van der Waals surface area contributed by atoms with E-state index in [1.54, 1.807) is 20.8 Å². The Labute approximate surface area is 129 Å².